The van der Waals surface area contributed by atoms with Crippen molar-refractivity contribution in [3.8, 4) is 0 Å². The Bertz CT molecular complexity index is 214. The molecule has 1 amide bonds. The molecule has 0 atom stereocenters. The smallest absolute Gasteiger partial charge is 0.236 e. The number of carbonyl (C=O) groups is 1. The minimum absolute atomic E-state index is 0.226. The third kappa shape index (κ3) is 4.92. The molecule has 1 aliphatic rings. The molecule has 5 heteroatoms. The second kappa shape index (κ2) is 6.83. The van der Waals surface area contributed by atoms with Crippen molar-refractivity contribution in [2.24, 2.45) is 0 Å². The van der Waals surface area contributed by atoms with E-state index in [2.05, 4.69) is 15.1 Å². The Kier molecular flexibility index (Phi) is 5.73. The first-order valence-corrected chi connectivity index (χ1v) is 5.91. The number of nitrogens with one attached hydrogen (secondary N) is 1. The maximum atomic E-state index is 11.9. The van der Waals surface area contributed by atoms with Crippen LogP contribution in [0.2, 0.25) is 0 Å². The van der Waals surface area contributed by atoms with Crippen LogP contribution >= 0.6 is 0 Å². The SMILES string of the molecule is CN(C)CCN(C)C(=O)CN1CCNCC1. The molecule has 94 valence electrons. The van der Waals surface area contributed by atoms with E-state index in [9.17, 15) is 4.79 Å². The van der Waals surface area contributed by atoms with Gasteiger partial charge in [-0.25, -0.2) is 0 Å². The van der Waals surface area contributed by atoms with E-state index in [0.717, 1.165) is 39.3 Å². The standard InChI is InChI=1S/C11H24N4O/c1-13(2)8-9-14(3)11(16)10-15-6-4-12-5-7-15/h12H,4-10H2,1-3H3. The molecule has 1 aliphatic heterocycles. The number of rotatable bonds is 5. The Balaban J connectivity index is 2.22. The molecule has 0 aromatic rings. The largest absolute Gasteiger partial charge is 0.343 e. The highest BCUT2D eigenvalue weighted by molar-refractivity contribution is 5.78. The summed E-state index contributed by atoms with van der Waals surface area (Å²) >= 11 is 0. The highest BCUT2D eigenvalue weighted by Crippen LogP contribution is 1.95. The first-order valence-electron chi connectivity index (χ1n) is 5.91. The lowest BCUT2D eigenvalue weighted by atomic mass is 10.3. The number of amides is 1. The van der Waals surface area contributed by atoms with Crippen molar-refractivity contribution in [2.45, 2.75) is 0 Å². The van der Waals surface area contributed by atoms with Crippen molar-refractivity contribution in [1.82, 2.24) is 20.0 Å². The van der Waals surface area contributed by atoms with Gasteiger partial charge >= 0.3 is 0 Å². The molecule has 0 aromatic carbocycles. The van der Waals surface area contributed by atoms with Crippen LogP contribution in [0.4, 0.5) is 0 Å². The summed E-state index contributed by atoms with van der Waals surface area (Å²) in [6.07, 6.45) is 0. The van der Waals surface area contributed by atoms with Crippen LogP contribution in [0.5, 0.6) is 0 Å². The first-order chi connectivity index (χ1) is 7.59. The van der Waals surface area contributed by atoms with Crippen LogP contribution < -0.4 is 5.32 Å². The fourth-order valence-electron chi connectivity index (χ4n) is 1.66. The second-order valence-electron chi connectivity index (χ2n) is 4.64. The fourth-order valence-corrected chi connectivity index (χ4v) is 1.66. The third-order valence-corrected chi connectivity index (χ3v) is 2.88. The highest BCUT2D eigenvalue weighted by Gasteiger charge is 2.16. The van der Waals surface area contributed by atoms with E-state index in [1.54, 1.807) is 0 Å². The average molecular weight is 228 g/mol. The lowest BCUT2D eigenvalue weighted by Gasteiger charge is -2.28. The highest BCUT2D eigenvalue weighted by atomic mass is 16.2. The van der Waals surface area contributed by atoms with Gasteiger partial charge in [0.1, 0.15) is 0 Å². The Morgan fingerprint density at radius 1 is 1.19 bits per heavy atom. The fraction of sp³-hybridized carbons (Fsp3) is 0.909. The van der Waals surface area contributed by atoms with E-state index >= 15 is 0 Å². The monoisotopic (exact) mass is 228 g/mol. The van der Waals surface area contributed by atoms with Gasteiger partial charge in [0.2, 0.25) is 5.91 Å². The van der Waals surface area contributed by atoms with Crippen molar-refractivity contribution in [3.05, 3.63) is 0 Å². The van der Waals surface area contributed by atoms with Gasteiger partial charge in [-0.1, -0.05) is 0 Å². The number of hydrogen-bond donors (Lipinski definition) is 1. The van der Waals surface area contributed by atoms with Gasteiger partial charge in [-0.3, -0.25) is 9.69 Å². The number of nitrogens with zero attached hydrogens (tertiary/aromatic N) is 3. The average Bonchev–Trinajstić information content (AvgIpc) is 2.27. The predicted molar refractivity (Wildman–Crippen MR) is 65.5 cm³/mol. The van der Waals surface area contributed by atoms with E-state index in [4.69, 9.17) is 0 Å². The van der Waals surface area contributed by atoms with E-state index in [-0.39, 0.29) is 5.91 Å². The van der Waals surface area contributed by atoms with Crippen LogP contribution in [0.15, 0.2) is 0 Å². The maximum Gasteiger partial charge on any atom is 0.236 e. The minimum Gasteiger partial charge on any atom is -0.343 e. The molecule has 0 radical (unpaired) electrons. The van der Waals surface area contributed by atoms with E-state index in [1.165, 1.54) is 0 Å². The van der Waals surface area contributed by atoms with Gasteiger partial charge in [-0.05, 0) is 14.1 Å². The normalized spacial score (nSPS) is 17.8. The molecule has 1 heterocycles. The van der Waals surface area contributed by atoms with Crippen LogP contribution in [-0.4, -0.2) is 87.6 Å². The summed E-state index contributed by atoms with van der Waals surface area (Å²) in [7, 11) is 5.93. The maximum absolute atomic E-state index is 11.9. The van der Waals surface area contributed by atoms with Crippen molar-refractivity contribution in [3.63, 3.8) is 0 Å². The van der Waals surface area contributed by atoms with Gasteiger partial charge in [0.15, 0.2) is 0 Å². The molecule has 1 fully saturated rings. The minimum atomic E-state index is 0.226. The van der Waals surface area contributed by atoms with Crippen molar-refractivity contribution >= 4 is 5.91 Å². The molecule has 0 unspecified atom stereocenters. The molecule has 1 rings (SSSR count). The van der Waals surface area contributed by atoms with Gasteiger partial charge in [-0.15, -0.1) is 0 Å². The molecule has 16 heavy (non-hydrogen) atoms. The van der Waals surface area contributed by atoms with Gasteiger partial charge in [-0.2, -0.15) is 0 Å². The van der Waals surface area contributed by atoms with E-state index in [1.807, 2.05) is 26.0 Å². The molecule has 1 N–H and O–H groups in total. The van der Waals surface area contributed by atoms with Crippen molar-refractivity contribution in [2.75, 3.05) is 67.0 Å². The molecule has 0 saturated carbocycles. The van der Waals surface area contributed by atoms with E-state index in [0.29, 0.717) is 6.54 Å². The Labute approximate surface area is 98.4 Å². The number of likely N-dealkylation sites (N-methyl/N-ethyl adjacent to an activating group) is 2. The zero-order chi connectivity index (χ0) is 12.0. The van der Waals surface area contributed by atoms with E-state index < -0.39 is 0 Å². The van der Waals surface area contributed by atoms with Crippen LogP contribution in [0, 0.1) is 0 Å². The molecule has 0 bridgehead atoms. The van der Waals surface area contributed by atoms with Gasteiger partial charge in [0.05, 0.1) is 6.54 Å². The lowest BCUT2D eigenvalue weighted by molar-refractivity contribution is -0.131. The van der Waals surface area contributed by atoms with Gasteiger partial charge in [0, 0.05) is 46.3 Å². The number of carbonyl (C=O) groups excluding carboxylic acids is 1. The number of piperazine rings is 1. The van der Waals surface area contributed by atoms with Crippen molar-refractivity contribution in [1.29, 1.82) is 0 Å². The molecule has 0 aromatic heterocycles. The summed E-state index contributed by atoms with van der Waals surface area (Å²) in [6.45, 7) is 6.23. The predicted octanol–water partition coefficient (Wildman–Crippen LogP) is -1.09. The Morgan fingerprint density at radius 3 is 2.38 bits per heavy atom. The summed E-state index contributed by atoms with van der Waals surface area (Å²) in [5.41, 5.74) is 0. The Hall–Kier alpha value is -0.650. The van der Waals surface area contributed by atoms with Gasteiger partial charge < -0.3 is 15.1 Å². The summed E-state index contributed by atoms with van der Waals surface area (Å²) < 4.78 is 0. The second-order valence-corrected chi connectivity index (χ2v) is 4.64. The topological polar surface area (TPSA) is 38.8 Å². The lowest BCUT2D eigenvalue weighted by Crippen LogP contribution is -2.48. The first kappa shape index (κ1) is 13.4. The van der Waals surface area contributed by atoms with Crippen molar-refractivity contribution < 1.29 is 4.79 Å². The molecule has 5 nitrogen and oxygen atoms in total. The molecular weight excluding hydrogens is 204 g/mol. The van der Waals surface area contributed by atoms with Crippen LogP contribution in [0.25, 0.3) is 0 Å². The summed E-state index contributed by atoms with van der Waals surface area (Å²) in [4.78, 5) is 18.0. The number of hydrogen-bond acceptors (Lipinski definition) is 4. The summed E-state index contributed by atoms with van der Waals surface area (Å²) in [5.74, 6) is 0.226. The van der Waals surface area contributed by atoms with Crippen LogP contribution in [0.3, 0.4) is 0 Å². The quantitative estimate of drug-likeness (QED) is 0.649. The zero-order valence-electron chi connectivity index (χ0n) is 10.7. The molecular formula is C11H24N4O. The summed E-state index contributed by atoms with van der Waals surface area (Å²) in [6, 6.07) is 0. The Morgan fingerprint density at radius 2 is 1.81 bits per heavy atom. The zero-order valence-corrected chi connectivity index (χ0v) is 10.7. The third-order valence-electron chi connectivity index (χ3n) is 2.88. The van der Waals surface area contributed by atoms with Crippen LogP contribution in [0.1, 0.15) is 0 Å². The van der Waals surface area contributed by atoms with Gasteiger partial charge in [0.25, 0.3) is 0 Å². The molecule has 0 spiro atoms. The molecule has 1 saturated heterocycles. The summed E-state index contributed by atoms with van der Waals surface area (Å²) in [5, 5.41) is 3.28. The molecule has 0 aliphatic carbocycles. The van der Waals surface area contributed by atoms with Crippen LogP contribution in [-0.2, 0) is 4.79 Å².